The molecule has 0 fully saturated rings. The molecular weight excluding hydrogens is 288 g/mol. The van der Waals surface area contributed by atoms with E-state index in [1.165, 1.54) is 18.2 Å². The third kappa shape index (κ3) is 5.44. The Labute approximate surface area is 119 Å². The molecular formula is C11H13ClN4O4. The van der Waals surface area contributed by atoms with Gasteiger partial charge in [-0.1, -0.05) is 11.6 Å². The lowest BCUT2D eigenvalue weighted by Gasteiger charge is -2.09. The molecule has 9 heteroatoms. The summed E-state index contributed by atoms with van der Waals surface area (Å²) >= 11 is 5.74. The van der Waals surface area contributed by atoms with Crippen LogP contribution in [0.4, 0.5) is 15.3 Å². The zero-order valence-corrected chi connectivity index (χ0v) is 11.0. The van der Waals surface area contributed by atoms with Crippen LogP contribution < -0.4 is 21.7 Å². The molecule has 0 radical (unpaired) electrons. The molecule has 1 aromatic rings. The van der Waals surface area contributed by atoms with Crippen LogP contribution in [0.3, 0.4) is 0 Å². The van der Waals surface area contributed by atoms with Crippen LogP contribution in [0.25, 0.3) is 0 Å². The van der Waals surface area contributed by atoms with E-state index in [9.17, 15) is 14.4 Å². The van der Waals surface area contributed by atoms with Crippen molar-refractivity contribution in [2.24, 2.45) is 5.73 Å². The van der Waals surface area contributed by atoms with Crippen LogP contribution in [-0.4, -0.2) is 36.2 Å². The highest BCUT2D eigenvalue weighted by Crippen LogP contribution is 2.19. The van der Waals surface area contributed by atoms with Gasteiger partial charge in [0.2, 0.25) is 0 Å². The maximum atomic E-state index is 11.5. The van der Waals surface area contributed by atoms with E-state index < -0.39 is 18.0 Å². The first-order valence-electron chi connectivity index (χ1n) is 5.50. The highest BCUT2D eigenvalue weighted by Gasteiger charge is 2.08. The Bertz CT molecular complexity index is 535. The summed E-state index contributed by atoms with van der Waals surface area (Å²) in [6.07, 6.45) is 0. The fourth-order valence-electron chi connectivity index (χ4n) is 1.32. The average molecular weight is 301 g/mol. The molecule has 8 nitrogen and oxygen atoms in total. The Kier molecular flexibility index (Phi) is 5.60. The van der Waals surface area contributed by atoms with E-state index in [2.05, 4.69) is 16.0 Å². The van der Waals surface area contributed by atoms with Gasteiger partial charge in [0, 0.05) is 23.8 Å². The molecule has 20 heavy (non-hydrogen) atoms. The first-order chi connectivity index (χ1) is 9.38. The van der Waals surface area contributed by atoms with E-state index in [4.69, 9.17) is 22.4 Å². The van der Waals surface area contributed by atoms with E-state index in [1.807, 2.05) is 0 Å². The van der Waals surface area contributed by atoms with Crippen molar-refractivity contribution in [1.82, 2.24) is 10.6 Å². The van der Waals surface area contributed by atoms with Crippen molar-refractivity contribution in [1.29, 1.82) is 0 Å². The minimum absolute atomic E-state index is 0.0387. The van der Waals surface area contributed by atoms with Crippen LogP contribution in [-0.2, 0) is 0 Å². The third-order valence-electron chi connectivity index (χ3n) is 2.11. The van der Waals surface area contributed by atoms with Crippen LogP contribution in [0.5, 0.6) is 0 Å². The van der Waals surface area contributed by atoms with Gasteiger partial charge in [-0.3, -0.25) is 0 Å². The number of anilines is 1. The molecule has 0 atom stereocenters. The smallest absolute Gasteiger partial charge is 0.335 e. The van der Waals surface area contributed by atoms with E-state index in [1.54, 1.807) is 0 Å². The molecule has 108 valence electrons. The molecule has 0 saturated heterocycles. The van der Waals surface area contributed by atoms with Crippen LogP contribution >= 0.6 is 11.6 Å². The molecule has 0 saturated carbocycles. The number of nitrogens with two attached hydrogens (primary N) is 1. The number of carbonyl (C=O) groups is 3. The van der Waals surface area contributed by atoms with Crippen LogP contribution in [0, 0.1) is 0 Å². The standard InChI is InChI=1S/C11H13ClN4O4/c12-7-3-6(9(17)18)4-8(5-7)16-11(20)15-2-1-14-10(13)19/h3-5H,1-2H2,(H,17,18)(H3,13,14,19)(H2,15,16,20). The number of halogens is 1. The van der Waals surface area contributed by atoms with Crippen molar-refractivity contribution in [2.75, 3.05) is 18.4 Å². The topological polar surface area (TPSA) is 134 Å². The number of hydrogen-bond donors (Lipinski definition) is 5. The molecule has 1 rings (SSSR count). The summed E-state index contributed by atoms with van der Waals surface area (Å²) in [4.78, 5) is 32.7. The van der Waals surface area contributed by atoms with Gasteiger partial charge in [-0.25, -0.2) is 14.4 Å². The zero-order valence-electron chi connectivity index (χ0n) is 10.3. The Balaban J connectivity index is 2.53. The van der Waals surface area contributed by atoms with E-state index in [0.29, 0.717) is 0 Å². The van der Waals surface area contributed by atoms with Crippen molar-refractivity contribution < 1.29 is 19.5 Å². The lowest BCUT2D eigenvalue weighted by Crippen LogP contribution is -2.38. The molecule has 0 aromatic heterocycles. The van der Waals surface area contributed by atoms with Gasteiger partial charge in [0.1, 0.15) is 0 Å². The normalized spacial score (nSPS) is 9.65. The number of amides is 4. The Morgan fingerprint density at radius 3 is 2.40 bits per heavy atom. The van der Waals surface area contributed by atoms with Gasteiger partial charge in [-0.15, -0.1) is 0 Å². The predicted molar refractivity (Wildman–Crippen MR) is 73.0 cm³/mol. The highest BCUT2D eigenvalue weighted by molar-refractivity contribution is 6.31. The van der Waals surface area contributed by atoms with Crippen molar-refractivity contribution in [3.05, 3.63) is 28.8 Å². The molecule has 1 aromatic carbocycles. The number of aromatic carboxylic acids is 1. The number of carbonyl (C=O) groups excluding carboxylic acids is 2. The third-order valence-corrected chi connectivity index (χ3v) is 2.33. The van der Waals surface area contributed by atoms with E-state index >= 15 is 0 Å². The van der Waals surface area contributed by atoms with E-state index in [-0.39, 0.29) is 29.4 Å². The molecule has 0 aliphatic heterocycles. The number of hydrogen-bond acceptors (Lipinski definition) is 3. The number of benzene rings is 1. The maximum absolute atomic E-state index is 11.5. The van der Waals surface area contributed by atoms with Gasteiger partial charge >= 0.3 is 18.0 Å². The number of carboxylic acid groups (broad SMARTS) is 1. The SMILES string of the molecule is NC(=O)NCCNC(=O)Nc1cc(Cl)cc(C(=O)O)c1. The first kappa shape index (κ1) is 15.6. The zero-order chi connectivity index (χ0) is 15.1. The number of primary amides is 1. The second-order valence-corrected chi connectivity index (χ2v) is 4.14. The lowest BCUT2D eigenvalue weighted by molar-refractivity contribution is 0.0697. The Morgan fingerprint density at radius 2 is 1.80 bits per heavy atom. The fourth-order valence-corrected chi connectivity index (χ4v) is 1.56. The second kappa shape index (κ2) is 7.19. The molecule has 0 unspecified atom stereocenters. The lowest BCUT2D eigenvalue weighted by atomic mass is 10.2. The monoisotopic (exact) mass is 300 g/mol. The number of rotatable bonds is 5. The summed E-state index contributed by atoms with van der Waals surface area (Å²) in [6.45, 7) is 0.347. The molecule has 0 bridgehead atoms. The largest absolute Gasteiger partial charge is 0.478 e. The fraction of sp³-hybridized carbons (Fsp3) is 0.182. The minimum atomic E-state index is -1.15. The summed E-state index contributed by atoms with van der Waals surface area (Å²) in [5.74, 6) is -1.15. The maximum Gasteiger partial charge on any atom is 0.335 e. The van der Waals surface area contributed by atoms with Crippen molar-refractivity contribution in [3.63, 3.8) is 0 Å². The first-order valence-corrected chi connectivity index (χ1v) is 5.88. The quantitative estimate of drug-likeness (QED) is 0.515. The summed E-state index contributed by atoms with van der Waals surface area (Å²) in [6, 6.07) is 2.71. The predicted octanol–water partition coefficient (Wildman–Crippen LogP) is 0.828. The van der Waals surface area contributed by atoms with Crippen molar-refractivity contribution in [2.45, 2.75) is 0 Å². The van der Waals surface area contributed by atoms with Gasteiger partial charge in [0.15, 0.2) is 0 Å². The molecule has 6 N–H and O–H groups in total. The van der Waals surface area contributed by atoms with Gasteiger partial charge in [-0.2, -0.15) is 0 Å². The summed E-state index contributed by atoms with van der Waals surface area (Å²) in [5.41, 5.74) is 5.05. The van der Waals surface area contributed by atoms with Gasteiger partial charge in [0.25, 0.3) is 0 Å². The number of carboxylic acids is 1. The van der Waals surface area contributed by atoms with Crippen molar-refractivity contribution in [3.8, 4) is 0 Å². The van der Waals surface area contributed by atoms with Crippen LogP contribution in [0.2, 0.25) is 5.02 Å². The van der Waals surface area contributed by atoms with Gasteiger partial charge < -0.3 is 26.8 Å². The van der Waals surface area contributed by atoms with E-state index in [0.717, 1.165) is 0 Å². The van der Waals surface area contributed by atoms with Crippen LogP contribution in [0.15, 0.2) is 18.2 Å². The molecule has 4 amide bonds. The molecule has 0 aliphatic rings. The van der Waals surface area contributed by atoms with Gasteiger partial charge in [-0.05, 0) is 18.2 Å². The summed E-state index contributed by atoms with van der Waals surface area (Å²) in [7, 11) is 0. The molecule has 0 spiro atoms. The van der Waals surface area contributed by atoms with Crippen LogP contribution in [0.1, 0.15) is 10.4 Å². The summed E-state index contributed by atoms with van der Waals surface area (Å²) < 4.78 is 0. The highest BCUT2D eigenvalue weighted by atomic mass is 35.5. The second-order valence-electron chi connectivity index (χ2n) is 3.71. The minimum Gasteiger partial charge on any atom is -0.478 e. The Hall–Kier alpha value is -2.48. The number of nitrogens with one attached hydrogen (secondary N) is 3. The Morgan fingerprint density at radius 1 is 1.15 bits per heavy atom. The molecule has 0 heterocycles. The van der Waals surface area contributed by atoms with Crippen molar-refractivity contribution >= 4 is 35.3 Å². The van der Waals surface area contributed by atoms with Gasteiger partial charge in [0.05, 0.1) is 5.56 Å². The number of urea groups is 2. The molecule has 0 aliphatic carbocycles. The summed E-state index contributed by atoms with van der Waals surface area (Å²) in [5, 5.41) is 16.2. The average Bonchev–Trinajstić information content (AvgIpc) is 2.33.